The van der Waals surface area contributed by atoms with Gasteiger partial charge in [0.1, 0.15) is 5.58 Å². The molecule has 0 saturated heterocycles. The Labute approximate surface area is 88.7 Å². The summed E-state index contributed by atoms with van der Waals surface area (Å²) in [6.07, 6.45) is -3.96. The number of Topliss-reactive ketones (excluding diaryl/α,β-unsaturated/α-hetero) is 1. The van der Waals surface area contributed by atoms with Crippen LogP contribution in [0.25, 0.3) is 11.0 Å². The molecule has 1 aromatic carbocycles. The van der Waals surface area contributed by atoms with Gasteiger partial charge in [-0.15, -0.1) is 0 Å². The zero-order valence-electron chi connectivity index (χ0n) is 8.04. The van der Waals surface area contributed by atoms with Crippen LogP contribution >= 0.6 is 0 Å². The Balaban J connectivity index is 2.24. The second-order valence-corrected chi connectivity index (χ2v) is 3.39. The third-order valence-corrected chi connectivity index (χ3v) is 2.20. The second kappa shape index (κ2) is 3.66. The highest BCUT2D eigenvalue weighted by Crippen LogP contribution is 2.21. The predicted molar refractivity (Wildman–Crippen MR) is 51.0 cm³/mol. The summed E-state index contributed by atoms with van der Waals surface area (Å²) in [5.41, 5.74) is 0.916. The quantitative estimate of drug-likeness (QED) is 0.790. The number of benzene rings is 1. The molecule has 0 fully saturated rings. The molecule has 0 atom stereocenters. The zero-order chi connectivity index (χ0) is 11.8. The van der Waals surface area contributed by atoms with E-state index in [9.17, 15) is 18.0 Å². The third-order valence-electron chi connectivity index (χ3n) is 2.20. The van der Waals surface area contributed by atoms with Crippen molar-refractivity contribution in [2.24, 2.45) is 0 Å². The van der Waals surface area contributed by atoms with Crippen LogP contribution in [0, 0.1) is 0 Å². The monoisotopic (exact) mass is 228 g/mol. The van der Waals surface area contributed by atoms with Gasteiger partial charge in [0.25, 0.3) is 0 Å². The van der Waals surface area contributed by atoms with Crippen molar-refractivity contribution in [3.63, 3.8) is 0 Å². The third kappa shape index (κ3) is 2.08. The number of furan rings is 1. The van der Waals surface area contributed by atoms with Gasteiger partial charge in [-0.25, -0.2) is 0 Å². The van der Waals surface area contributed by atoms with Gasteiger partial charge in [0.05, 0.1) is 6.26 Å². The molecule has 0 amide bonds. The van der Waals surface area contributed by atoms with Crippen molar-refractivity contribution in [3.05, 3.63) is 36.1 Å². The van der Waals surface area contributed by atoms with Gasteiger partial charge in [0.2, 0.25) is 5.78 Å². The molecule has 0 unspecified atom stereocenters. The van der Waals surface area contributed by atoms with Crippen molar-refractivity contribution in [1.29, 1.82) is 0 Å². The molecule has 0 aliphatic heterocycles. The van der Waals surface area contributed by atoms with Gasteiger partial charge >= 0.3 is 6.18 Å². The van der Waals surface area contributed by atoms with E-state index in [-0.39, 0.29) is 0 Å². The molecule has 2 nitrogen and oxygen atoms in total. The lowest BCUT2D eigenvalue weighted by Crippen LogP contribution is -2.24. The Morgan fingerprint density at radius 2 is 2.00 bits per heavy atom. The smallest absolute Gasteiger partial charge is 0.450 e. The summed E-state index contributed by atoms with van der Waals surface area (Å²) in [5, 5.41) is 0.687. The van der Waals surface area contributed by atoms with Crippen molar-refractivity contribution in [3.8, 4) is 0 Å². The predicted octanol–water partition coefficient (Wildman–Crippen LogP) is 3.11. The molecule has 2 rings (SSSR count). The number of hydrogen-bond donors (Lipinski definition) is 0. The highest BCUT2D eigenvalue weighted by atomic mass is 19.4. The number of hydrogen-bond acceptors (Lipinski definition) is 2. The number of rotatable bonds is 2. The fraction of sp³-hybridized carbons (Fsp3) is 0.182. The van der Waals surface area contributed by atoms with Crippen LogP contribution in [0.15, 0.2) is 34.9 Å². The van der Waals surface area contributed by atoms with Crippen LogP contribution in [0.1, 0.15) is 5.56 Å². The van der Waals surface area contributed by atoms with Crippen LogP contribution in [0.2, 0.25) is 0 Å². The van der Waals surface area contributed by atoms with E-state index in [1.54, 1.807) is 12.1 Å². The van der Waals surface area contributed by atoms with Crippen LogP contribution in [0.4, 0.5) is 13.2 Å². The molecule has 16 heavy (non-hydrogen) atoms. The summed E-state index contributed by atoms with van der Waals surface area (Å²) >= 11 is 0. The van der Waals surface area contributed by atoms with E-state index in [0.29, 0.717) is 16.5 Å². The fourth-order valence-corrected chi connectivity index (χ4v) is 1.41. The van der Waals surface area contributed by atoms with Crippen LogP contribution in [0.3, 0.4) is 0 Å². The van der Waals surface area contributed by atoms with Crippen molar-refractivity contribution in [2.75, 3.05) is 0 Å². The Morgan fingerprint density at radius 3 is 2.69 bits per heavy atom. The molecule has 0 radical (unpaired) electrons. The first-order valence-corrected chi connectivity index (χ1v) is 4.53. The summed E-state index contributed by atoms with van der Waals surface area (Å²) in [4.78, 5) is 10.8. The molecule has 0 saturated carbocycles. The largest absolute Gasteiger partial charge is 0.464 e. The van der Waals surface area contributed by atoms with E-state index in [1.165, 1.54) is 18.4 Å². The summed E-state index contributed by atoms with van der Waals surface area (Å²) in [6, 6.07) is 6.16. The summed E-state index contributed by atoms with van der Waals surface area (Å²) in [6.45, 7) is 0. The molecule has 0 aliphatic rings. The zero-order valence-corrected chi connectivity index (χ0v) is 8.04. The van der Waals surface area contributed by atoms with Gasteiger partial charge in [-0.05, 0) is 23.8 Å². The highest BCUT2D eigenvalue weighted by molar-refractivity contribution is 5.87. The van der Waals surface area contributed by atoms with Gasteiger partial charge in [0.15, 0.2) is 0 Å². The number of ketones is 1. The van der Waals surface area contributed by atoms with E-state index in [0.717, 1.165) is 0 Å². The van der Waals surface area contributed by atoms with E-state index in [2.05, 4.69) is 0 Å². The van der Waals surface area contributed by atoms with Crippen molar-refractivity contribution >= 4 is 16.8 Å². The maximum atomic E-state index is 12.0. The molecular weight excluding hydrogens is 221 g/mol. The topological polar surface area (TPSA) is 30.2 Å². The van der Waals surface area contributed by atoms with Gasteiger partial charge in [-0.2, -0.15) is 13.2 Å². The second-order valence-electron chi connectivity index (χ2n) is 3.39. The average Bonchev–Trinajstić information content (AvgIpc) is 2.63. The fourth-order valence-electron chi connectivity index (χ4n) is 1.41. The van der Waals surface area contributed by atoms with Gasteiger partial charge < -0.3 is 4.42 Å². The maximum Gasteiger partial charge on any atom is 0.450 e. The first-order chi connectivity index (χ1) is 7.47. The first kappa shape index (κ1) is 10.7. The Kier molecular flexibility index (Phi) is 2.46. The van der Waals surface area contributed by atoms with Crippen LogP contribution in [-0.2, 0) is 11.2 Å². The van der Waals surface area contributed by atoms with Crippen LogP contribution in [0.5, 0.6) is 0 Å². The molecule has 5 heteroatoms. The van der Waals surface area contributed by atoms with Gasteiger partial charge in [0, 0.05) is 11.8 Å². The van der Waals surface area contributed by atoms with E-state index in [4.69, 9.17) is 4.42 Å². The first-order valence-electron chi connectivity index (χ1n) is 4.53. The molecule has 84 valence electrons. The summed E-state index contributed by atoms with van der Waals surface area (Å²) in [5.74, 6) is -1.74. The lowest BCUT2D eigenvalue weighted by Gasteiger charge is -2.04. The molecule has 0 bridgehead atoms. The molecule has 0 aliphatic carbocycles. The molecule has 0 spiro atoms. The number of carbonyl (C=O) groups excluding carboxylic acids is 1. The van der Waals surface area contributed by atoms with Crippen molar-refractivity contribution in [2.45, 2.75) is 12.6 Å². The Bertz CT molecular complexity index is 525. The van der Waals surface area contributed by atoms with Crippen LogP contribution in [-0.4, -0.2) is 12.0 Å². The summed E-state index contributed by atoms with van der Waals surface area (Å²) in [7, 11) is 0. The SMILES string of the molecule is O=C(Cc1ccc2occc2c1)C(F)(F)F. The van der Waals surface area contributed by atoms with E-state index >= 15 is 0 Å². The lowest BCUT2D eigenvalue weighted by molar-refractivity contribution is -0.170. The van der Waals surface area contributed by atoms with Crippen molar-refractivity contribution < 1.29 is 22.4 Å². The minimum atomic E-state index is -4.77. The normalized spacial score (nSPS) is 11.9. The lowest BCUT2D eigenvalue weighted by atomic mass is 10.1. The number of halogens is 3. The average molecular weight is 228 g/mol. The van der Waals surface area contributed by atoms with Crippen molar-refractivity contribution in [1.82, 2.24) is 0 Å². The van der Waals surface area contributed by atoms with Gasteiger partial charge in [-0.3, -0.25) is 4.79 Å². The molecule has 0 N–H and O–H groups in total. The number of carbonyl (C=O) groups is 1. The Morgan fingerprint density at radius 1 is 1.25 bits per heavy atom. The molecule has 1 aromatic heterocycles. The molecule has 2 aromatic rings. The minimum absolute atomic E-state index is 0.330. The van der Waals surface area contributed by atoms with E-state index < -0.39 is 18.4 Å². The summed E-state index contributed by atoms with van der Waals surface area (Å²) < 4.78 is 41.1. The minimum Gasteiger partial charge on any atom is -0.464 e. The standard InChI is InChI=1S/C11H7F3O2/c12-11(13,14)10(15)6-7-1-2-9-8(5-7)3-4-16-9/h1-5H,6H2. The highest BCUT2D eigenvalue weighted by Gasteiger charge is 2.37. The number of alkyl halides is 3. The van der Waals surface area contributed by atoms with Gasteiger partial charge in [-0.1, -0.05) is 6.07 Å². The van der Waals surface area contributed by atoms with Crippen LogP contribution < -0.4 is 0 Å². The van der Waals surface area contributed by atoms with E-state index in [1.807, 2.05) is 0 Å². The number of fused-ring (bicyclic) bond motifs is 1. The Hall–Kier alpha value is -1.78. The maximum absolute atomic E-state index is 12.0. The molecular formula is C11H7F3O2. The molecule has 1 heterocycles.